The zero-order valence-electron chi connectivity index (χ0n) is 63.5. The van der Waals surface area contributed by atoms with Crippen LogP contribution in [0.1, 0.15) is 457 Å². The molecule has 9 nitrogen and oxygen atoms in total. The van der Waals surface area contributed by atoms with Crippen LogP contribution in [0.25, 0.3) is 0 Å². The molecule has 0 saturated heterocycles. The van der Waals surface area contributed by atoms with Crippen LogP contribution in [0, 0.1) is 0 Å². The molecule has 0 aromatic rings. The fourth-order valence-electron chi connectivity index (χ4n) is 13.1. The first-order valence-corrected chi connectivity index (χ1v) is 43.4. The summed E-state index contributed by atoms with van der Waals surface area (Å²) in [5, 5.41) is 0. The summed E-state index contributed by atoms with van der Waals surface area (Å²) < 4.78 is 34.5. The van der Waals surface area contributed by atoms with Gasteiger partial charge in [0.1, 0.15) is 19.8 Å². The van der Waals surface area contributed by atoms with Crippen molar-refractivity contribution < 1.29 is 42.1 Å². The molecule has 0 bridgehead atoms. The average Bonchev–Trinajstić information content (AvgIpc) is 2.01. The number of carbonyl (C=O) groups is 2. The molecule has 0 fully saturated rings. The number of hydrogen-bond donors (Lipinski definition) is 0. The highest BCUT2D eigenvalue weighted by atomic mass is 31.2. The molecule has 0 radical (unpaired) electrons. The molecule has 0 aromatic heterocycles. The number of rotatable bonds is 80. The zero-order chi connectivity index (χ0) is 67.6. The van der Waals surface area contributed by atoms with Gasteiger partial charge in [-0.1, -0.05) is 418 Å². The minimum atomic E-state index is -4.64. The van der Waals surface area contributed by atoms with Crippen molar-refractivity contribution in [1.82, 2.24) is 0 Å². The molecule has 2 atom stereocenters. The number of nitrogens with zero attached hydrogens (tertiary/aromatic N) is 1. The summed E-state index contributed by atoms with van der Waals surface area (Å²) in [7, 11) is 1.20. The molecule has 0 spiro atoms. The molecule has 0 heterocycles. The normalized spacial score (nSPS) is 13.0. The van der Waals surface area contributed by atoms with Crippen LogP contribution in [0.3, 0.4) is 0 Å². The molecule has 0 aliphatic heterocycles. The van der Waals surface area contributed by atoms with Crippen LogP contribution in [0.4, 0.5) is 0 Å². The van der Waals surface area contributed by atoms with E-state index < -0.39 is 26.5 Å². The lowest BCUT2D eigenvalue weighted by molar-refractivity contribution is -0.870. The molecule has 10 heteroatoms. The third-order valence-corrected chi connectivity index (χ3v) is 20.5. The fraction of sp³-hybridized carbons (Fsp3) is 0.952. The van der Waals surface area contributed by atoms with Crippen LogP contribution >= 0.6 is 7.82 Å². The number of unbranched alkanes of at least 4 members (excludes halogenated alkanes) is 64. The average molecular weight is 1340 g/mol. The first-order chi connectivity index (χ1) is 45.5. The number of allylic oxidation sites excluding steroid dienone is 2. The number of quaternary nitrogens is 1. The second kappa shape index (κ2) is 75.0. The van der Waals surface area contributed by atoms with Crippen molar-refractivity contribution in [3.05, 3.63) is 12.2 Å². The van der Waals surface area contributed by atoms with Gasteiger partial charge in [0.15, 0.2) is 6.10 Å². The predicted octanol–water partition coefficient (Wildman–Crippen LogP) is 27.2. The Labute approximate surface area is 581 Å². The molecule has 0 amide bonds. The van der Waals surface area contributed by atoms with E-state index >= 15 is 0 Å². The zero-order valence-corrected chi connectivity index (χ0v) is 64.4. The number of ether oxygens (including phenoxy) is 2. The van der Waals surface area contributed by atoms with Crippen molar-refractivity contribution in [3.63, 3.8) is 0 Å². The van der Waals surface area contributed by atoms with Gasteiger partial charge in [0.25, 0.3) is 7.82 Å². The molecular weight excluding hydrogens is 1170 g/mol. The number of carbonyl (C=O) groups excluding carboxylic acids is 2. The maximum Gasteiger partial charge on any atom is 0.306 e. The second-order valence-electron chi connectivity index (χ2n) is 30.2. The quantitative estimate of drug-likeness (QED) is 0.0195. The summed E-state index contributed by atoms with van der Waals surface area (Å²) in [5.41, 5.74) is 0. The Morgan fingerprint density at radius 3 is 0.796 bits per heavy atom. The molecule has 93 heavy (non-hydrogen) atoms. The van der Waals surface area contributed by atoms with E-state index in [1.165, 1.54) is 392 Å². The highest BCUT2D eigenvalue weighted by Gasteiger charge is 2.22. The van der Waals surface area contributed by atoms with E-state index in [1.54, 1.807) is 0 Å². The van der Waals surface area contributed by atoms with Crippen molar-refractivity contribution >= 4 is 19.8 Å². The fourth-order valence-corrected chi connectivity index (χ4v) is 13.9. The summed E-state index contributed by atoms with van der Waals surface area (Å²) in [6, 6.07) is 0. The van der Waals surface area contributed by atoms with E-state index in [4.69, 9.17) is 18.5 Å². The van der Waals surface area contributed by atoms with E-state index in [-0.39, 0.29) is 32.0 Å². The topological polar surface area (TPSA) is 111 Å². The molecule has 0 aliphatic carbocycles. The van der Waals surface area contributed by atoms with Crippen LogP contribution in [-0.2, 0) is 32.7 Å². The van der Waals surface area contributed by atoms with Gasteiger partial charge in [-0.2, -0.15) is 0 Å². The molecule has 0 N–H and O–H groups in total. The molecule has 0 saturated carbocycles. The first kappa shape index (κ1) is 91.8. The Kier molecular flexibility index (Phi) is 74.0. The van der Waals surface area contributed by atoms with E-state index in [0.717, 1.165) is 32.1 Å². The van der Waals surface area contributed by atoms with Crippen molar-refractivity contribution in [1.29, 1.82) is 0 Å². The van der Waals surface area contributed by atoms with E-state index in [9.17, 15) is 19.0 Å². The van der Waals surface area contributed by atoms with Crippen molar-refractivity contribution in [3.8, 4) is 0 Å². The largest absolute Gasteiger partial charge is 0.756 e. The smallest absolute Gasteiger partial charge is 0.306 e. The molecule has 0 rings (SSSR count). The summed E-state index contributed by atoms with van der Waals surface area (Å²) in [5.74, 6) is -0.801. The van der Waals surface area contributed by atoms with E-state index in [1.807, 2.05) is 21.1 Å². The van der Waals surface area contributed by atoms with Gasteiger partial charge in [-0.25, -0.2) is 0 Å². The second-order valence-corrected chi connectivity index (χ2v) is 31.6. The van der Waals surface area contributed by atoms with Crippen molar-refractivity contribution in [2.75, 3.05) is 47.5 Å². The van der Waals surface area contributed by atoms with Crippen LogP contribution in [-0.4, -0.2) is 70.0 Å². The number of phosphoric ester groups is 1. The lowest BCUT2D eigenvalue weighted by Gasteiger charge is -2.28. The van der Waals surface area contributed by atoms with Crippen molar-refractivity contribution in [2.45, 2.75) is 463 Å². The number of hydrogen-bond acceptors (Lipinski definition) is 8. The molecule has 2 unspecified atom stereocenters. The first-order valence-electron chi connectivity index (χ1n) is 41.9. The number of likely N-dealkylation sites (N-methyl/N-ethyl adjacent to an activating group) is 1. The lowest BCUT2D eigenvalue weighted by atomic mass is 10.0. The van der Waals surface area contributed by atoms with Crippen LogP contribution in [0.2, 0.25) is 0 Å². The molecule has 0 aliphatic rings. The SMILES string of the molecule is CCCCCCCCCC/C=C\CCCCCCCCCCCCCCCCCCCCCCCCCCCCCC(=O)OC(COC(=O)CCCCCCCCCCCCCCCCCCCCCCCCCCCCCCCC)COP(=O)([O-])OCC[N+](C)(C)C. The molecular formula is C83H164NO8P. The monoisotopic (exact) mass is 1330 g/mol. The Hall–Kier alpha value is -1.25. The third-order valence-electron chi connectivity index (χ3n) is 19.5. The molecule has 0 aromatic carbocycles. The van der Waals surface area contributed by atoms with Gasteiger partial charge in [0, 0.05) is 12.8 Å². The van der Waals surface area contributed by atoms with E-state index in [2.05, 4.69) is 26.0 Å². The van der Waals surface area contributed by atoms with Crippen LogP contribution < -0.4 is 4.89 Å². The maximum absolute atomic E-state index is 12.9. The van der Waals surface area contributed by atoms with Gasteiger partial charge in [-0.15, -0.1) is 0 Å². The Morgan fingerprint density at radius 2 is 0.548 bits per heavy atom. The summed E-state index contributed by atoms with van der Waals surface area (Å²) in [6.07, 6.45) is 95.1. The number of phosphoric acid groups is 1. The minimum Gasteiger partial charge on any atom is -0.756 e. The molecule has 554 valence electrons. The highest BCUT2D eigenvalue weighted by Crippen LogP contribution is 2.38. The summed E-state index contributed by atoms with van der Waals surface area (Å²) in [4.78, 5) is 38.2. The van der Waals surface area contributed by atoms with Crippen LogP contribution in [0.5, 0.6) is 0 Å². The van der Waals surface area contributed by atoms with Gasteiger partial charge in [-0.05, 0) is 38.5 Å². The summed E-state index contributed by atoms with van der Waals surface area (Å²) in [6.45, 7) is 4.34. The van der Waals surface area contributed by atoms with Gasteiger partial charge in [0.05, 0.1) is 27.7 Å². The Morgan fingerprint density at radius 1 is 0.323 bits per heavy atom. The van der Waals surface area contributed by atoms with E-state index in [0.29, 0.717) is 17.4 Å². The minimum absolute atomic E-state index is 0.0253. The third kappa shape index (κ3) is 79.6. The predicted molar refractivity (Wildman–Crippen MR) is 402 cm³/mol. The lowest BCUT2D eigenvalue weighted by Crippen LogP contribution is -2.37. The van der Waals surface area contributed by atoms with Gasteiger partial charge >= 0.3 is 11.9 Å². The maximum atomic E-state index is 12.9. The Balaban J connectivity index is 3.86. The van der Waals surface area contributed by atoms with Gasteiger partial charge < -0.3 is 27.9 Å². The van der Waals surface area contributed by atoms with Crippen molar-refractivity contribution in [2.24, 2.45) is 0 Å². The van der Waals surface area contributed by atoms with Gasteiger partial charge in [-0.3, -0.25) is 14.2 Å². The Bertz CT molecular complexity index is 1570. The van der Waals surface area contributed by atoms with Crippen LogP contribution in [0.15, 0.2) is 12.2 Å². The standard InChI is InChI=1S/C83H164NO8P/c1-6-8-10-12-14-16-18-20-22-24-26-28-30-32-34-36-38-39-40-41-42-43-44-45-46-48-50-52-54-56-58-60-62-64-66-68-70-72-74-76-83(86)92-81(80-91-93(87,88)90-78-77-84(3,4)5)79-89-82(85)75-73-71-69-67-65-63-61-59-57-55-53-51-49-47-37-35-33-31-29-27-25-23-21-19-17-15-13-11-9-7-2/h24,26,81H,6-23,25,27-80H2,1-5H3/b26-24-. The number of esters is 2. The van der Waals surface area contributed by atoms with Gasteiger partial charge in [0.2, 0.25) is 0 Å². The highest BCUT2D eigenvalue weighted by molar-refractivity contribution is 7.45. The summed E-state index contributed by atoms with van der Waals surface area (Å²) >= 11 is 0.